The molecule has 1 aromatic rings. The second kappa shape index (κ2) is 6.69. The van der Waals surface area contributed by atoms with Gasteiger partial charge in [-0.05, 0) is 32.8 Å². The molecule has 17 heavy (non-hydrogen) atoms. The molecule has 5 heteroatoms. The zero-order valence-corrected chi connectivity index (χ0v) is 12.0. The van der Waals surface area contributed by atoms with E-state index in [0.717, 1.165) is 18.5 Å². The highest BCUT2D eigenvalue weighted by molar-refractivity contribution is 9.09. The Morgan fingerprint density at radius 3 is 2.82 bits per heavy atom. The summed E-state index contributed by atoms with van der Waals surface area (Å²) in [4.78, 5) is 12.4. The number of hydrogen-bond donors (Lipinski definition) is 1. The first-order chi connectivity index (χ1) is 8.04. The lowest BCUT2D eigenvalue weighted by atomic mass is 10.2. The van der Waals surface area contributed by atoms with Crippen LogP contribution in [-0.4, -0.2) is 27.5 Å². The normalized spacial score (nSPS) is 12.2. The molecular weight excluding hydrogens is 282 g/mol. The summed E-state index contributed by atoms with van der Waals surface area (Å²) in [5.74, 6) is -0.0729. The molecule has 1 amide bonds. The number of hydrogen-bond acceptors (Lipinski definition) is 3. The standard InChI is InChI=1S/C12H18BrN3O/c1-4-10(13)5-6-14-12(17)11-7-8(2)15-16-9(11)3/h7,10H,4-6H2,1-3H3,(H,14,17). The molecule has 0 aliphatic heterocycles. The van der Waals surface area contributed by atoms with Gasteiger partial charge < -0.3 is 5.32 Å². The molecule has 0 fully saturated rings. The van der Waals surface area contributed by atoms with Crippen LogP contribution in [0.3, 0.4) is 0 Å². The molecule has 0 spiro atoms. The monoisotopic (exact) mass is 299 g/mol. The summed E-state index contributed by atoms with van der Waals surface area (Å²) in [6.45, 7) is 6.40. The maximum Gasteiger partial charge on any atom is 0.253 e. The molecule has 1 unspecified atom stereocenters. The summed E-state index contributed by atoms with van der Waals surface area (Å²) in [7, 11) is 0. The van der Waals surface area contributed by atoms with Crippen molar-refractivity contribution in [3.8, 4) is 0 Å². The maximum atomic E-state index is 11.9. The Morgan fingerprint density at radius 2 is 2.18 bits per heavy atom. The minimum absolute atomic E-state index is 0.0729. The number of halogens is 1. The van der Waals surface area contributed by atoms with Gasteiger partial charge in [0.25, 0.3) is 5.91 Å². The molecule has 1 aromatic heterocycles. The van der Waals surface area contributed by atoms with Crippen molar-refractivity contribution in [2.75, 3.05) is 6.54 Å². The van der Waals surface area contributed by atoms with Crippen molar-refractivity contribution < 1.29 is 4.79 Å². The van der Waals surface area contributed by atoms with Gasteiger partial charge in [0.15, 0.2) is 0 Å². The Hall–Kier alpha value is -0.970. The molecule has 0 saturated heterocycles. The van der Waals surface area contributed by atoms with Gasteiger partial charge in [-0.1, -0.05) is 22.9 Å². The van der Waals surface area contributed by atoms with Crippen molar-refractivity contribution in [1.29, 1.82) is 0 Å². The van der Waals surface area contributed by atoms with E-state index in [1.165, 1.54) is 0 Å². The molecule has 0 radical (unpaired) electrons. The summed E-state index contributed by atoms with van der Waals surface area (Å²) in [6.07, 6.45) is 1.99. The van der Waals surface area contributed by atoms with Crippen LogP contribution < -0.4 is 5.32 Å². The van der Waals surface area contributed by atoms with Crippen molar-refractivity contribution in [3.63, 3.8) is 0 Å². The number of nitrogens with zero attached hydrogens (tertiary/aromatic N) is 2. The SMILES string of the molecule is CCC(Br)CCNC(=O)c1cc(C)nnc1C. The van der Waals surface area contributed by atoms with E-state index in [0.29, 0.717) is 22.6 Å². The number of aromatic nitrogens is 2. The Kier molecular flexibility index (Phi) is 5.55. The minimum atomic E-state index is -0.0729. The van der Waals surface area contributed by atoms with E-state index in [4.69, 9.17) is 0 Å². The second-order valence-electron chi connectivity index (χ2n) is 4.03. The van der Waals surface area contributed by atoms with Crippen molar-refractivity contribution in [2.24, 2.45) is 0 Å². The van der Waals surface area contributed by atoms with E-state index in [1.807, 2.05) is 6.92 Å². The molecule has 94 valence electrons. The fourth-order valence-corrected chi connectivity index (χ4v) is 1.65. The zero-order chi connectivity index (χ0) is 12.8. The van der Waals surface area contributed by atoms with E-state index in [2.05, 4.69) is 38.4 Å². The number of carbonyl (C=O) groups excluding carboxylic acids is 1. The van der Waals surface area contributed by atoms with Crippen LogP contribution in [0.25, 0.3) is 0 Å². The first-order valence-corrected chi connectivity index (χ1v) is 6.69. The fraction of sp³-hybridized carbons (Fsp3) is 0.583. The Morgan fingerprint density at radius 1 is 1.47 bits per heavy atom. The summed E-state index contributed by atoms with van der Waals surface area (Å²) < 4.78 is 0. The number of carbonyl (C=O) groups is 1. The van der Waals surface area contributed by atoms with Crippen molar-refractivity contribution in [3.05, 3.63) is 23.0 Å². The summed E-state index contributed by atoms with van der Waals surface area (Å²) in [5, 5.41) is 10.7. The lowest BCUT2D eigenvalue weighted by molar-refractivity contribution is 0.0952. The van der Waals surface area contributed by atoms with E-state index < -0.39 is 0 Å². The van der Waals surface area contributed by atoms with Gasteiger partial charge in [0, 0.05) is 11.4 Å². The van der Waals surface area contributed by atoms with Gasteiger partial charge in [-0.3, -0.25) is 4.79 Å². The highest BCUT2D eigenvalue weighted by Gasteiger charge is 2.11. The van der Waals surface area contributed by atoms with Gasteiger partial charge >= 0.3 is 0 Å². The van der Waals surface area contributed by atoms with Crippen LogP contribution in [0.1, 0.15) is 41.5 Å². The topological polar surface area (TPSA) is 54.9 Å². The van der Waals surface area contributed by atoms with Crippen LogP contribution in [0.5, 0.6) is 0 Å². The number of nitrogens with one attached hydrogen (secondary N) is 1. The van der Waals surface area contributed by atoms with Gasteiger partial charge in [-0.15, -0.1) is 0 Å². The highest BCUT2D eigenvalue weighted by Crippen LogP contribution is 2.09. The smallest absolute Gasteiger partial charge is 0.253 e. The van der Waals surface area contributed by atoms with Crippen LogP contribution in [0.4, 0.5) is 0 Å². The molecule has 0 aromatic carbocycles. The van der Waals surface area contributed by atoms with E-state index in [-0.39, 0.29) is 5.91 Å². The van der Waals surface area contributed by atoms with Crippen molar-refractivity contribution in [1.82, 2.24) is 15.5 Å². The molecular formula is C12H18BrN3O. The highest BCUT2D eigenvalue weighted by atomic mass is 79.9. The third-order valence-electron chi connectivity index (χ3n) is 2.53. The quantitative estimate of drug-likeness (QED) is 0.850. The molecule has 0 saturated carbocycles. The third kappa shape index (κ3) is 4.42. The number of amides is 1. The Balaban J connectivity index is 2.55. The first-order valence-electron chi connectivity index (χ1n) is 5.77. The van der Waals surface area contributed by atoms with Crippen LogP contribution in [0.15, 0.2) is 6.07 Å². The first kappa shape index (κ1) is 14.1. The van der Waals surface area contributed by atoms with Crippen molar-refractivity contribution >= 4 is 21.8 Å². The van der Waals surface area contributed by atoms with E-state index >= 15 is 0 Å². The second-order valence-corrected chi connectivity index (χ2v) is 5.33. The average molecular weight is 300 g/mol. The van der Waals surface area contributed by atoms with Crippen LogP contribution in [-0.2, 0) is 0 Å². The Labute approximate surface area is 110 Å². The van der Waals surface area contributed by atoms with E-state index in [1.54, 1.807) is 13.0 Å². The number of alkyl halides is 1. The third-order valence-corrected chi connectivity index (χ3v) is 3.64. The lowest BCUT2D eigenvalue weighted by Crippen LogP contribution is -2.27. The fourth-order valence-electron chi connectivity index (χ4n) is 1.42. The molecule has 1 heterocycles. The van der Waals surface area contributed by atoms with Crippen LogP contribution in [0.2, 0.25) is 0 Å². The largest absolute Gasteiger partial charge is 0.352 e. The summed E-state index contributed by atoms with van der Waals surface area (Å²) >= 11 is 3.54. The summed E-state index contributed by atoms with van der Waals surface area (Å²) in [6, 6.07) is 1.77. The number of aryl methyl sites for hydroxylation is 2. The zero-order valence-electron chi connectivity index (χ0n) is 10.5. The molecule has 1 atom stereocenters. The lowest BCUT2D eigenvalue weighted by Gasteiger charge is -2.09. The molecule has 1 rings (SSSR count). The molecule has 4 nitrogen and oxygen atoms in total. The average Bonchev–Trinajstić information content (AvgIpc) is 2.31. The van der Waals surface area contributed by atoms with Gasteiger partial charge in [0.1, 0.15) is 0 Å². The van der Waals surface area contributed by atoms with E-state index in [9.17, 15) is 4.79 Å². The van der Waals surface area contributed by atoms with Gasteiger partial charge in [0.2, 0.25) is 0 Å². The molecule has 1 N–H and O–H groups in total. The van der Waals surface area contributed by atoms with Gasteiger partial charge in [-0.2, -0.15) is 10.2 Å². The van der Waals surface area contributed by atoms with Crippen LogP contribution in [0, 0.1) is 13.8 Å². The van der Waals surface area contributed by atoms with Crippen molar-refractivity contribution in [2.45, 2.75) is 38.4 Å². The molecule has 0 bridgehead atoms. The summed E-state index contributed by atoms with van der Waals surface area (Å²) in [5.41, 5.74) is 2.03. The molecule has 0 aliphatic carbocycles. The predicted molar refractivity (Wildman–Crippen MR) is 71.5 cm³/mol. The molecule has 0 aliphatic rings. The van der Waals surface area contributed by atoms with Crippen LogP contribution >= 0.6 is 15.9 Å². The predicted octanol–water partition coefficient (Wildman–Crippen LogP) is 2.39. The Bertz CT molecular complexity index is 395. The maximum absolute atomic E-state index is 11.9. The number of rotatable bonds is 5. The van der Waals surface area contributed by atoms with Gasteiger partial charge in [0.05, 0.1) is 17.0 Å². The minimum Gasteiger partial charge on any atom is -0.352 e. The van der Waals surface area contributed by atoms with Gasteiger partial charge in [-0.25, -0.2) is 0 Å².